The summed E-state index contributed by atoms with van der Waals surface area (Å²) in [4.78, 5) is 12.9. The first-order valence-electron chi connectivity index (χ1n) is 8.41. The lowest BCUT2D eigenvalue weighted by molar-refractivity contribution is -0.0286. The summed E-state index contributed by atoms with van der Waals surface area (Å²) in [5.74, 6) is 0.551. The predicted octanol–water partition coefficient (Wildman–Crippen LogP) is 2.86. The number of ether oxygens (including phenoxy) is 1. The first-order valence-corrected chi connectivity index (χ1v) is 8.41. The number of aryl methyl sites for hydroxylation is 1. The average molecular weight is 339 g/mol. The van der Waals surface area contributed by atoms with Gasteiger partial charge in [0, 0.05) is 23.4 Å². The highest BCUT2D eigenvalue weighted by Gasteiger charge is 2.23. The molecule has 0 bridgehead atoms. The van der Waals surface area contributed by atoms with Gasteiger partial charge in [0.1, 0.15) is 11.3 Å². The third-order valence-corrected chi connectivity index (χ3v) is 4.74. The molecule has 130 valence electrons. The van der Waals surface area contributed by atoms with Gasteiger partial charge in [0.2, 0.25) is 0 Å². The molecule has 2 aromatic heterocycles. The van der Waals surface area contributed by atoms with Crippen molar-refractivity contribution in [1.29, 1.82) is 0 Å². The summed E-state index contributed by atoms with van der Waals surface area (Å²) in [6.45, 7) is 6.96. The Kier molecular flexibility index (Phi) is 3.74. The van der Waals surface area contributed by atoms with E-state index in [-0.39, 0.29) is 17.5 Å². The van der Waals surface area contributed by atoms with Gasteiger partial charge >= 0.3 is 0 Å². The Hall–Kier alpha value is -2.44. The Balaban J connectivity index is 1.93. The lowest BCUT2D eigenvalue weighted by Gasteiger charge is -2.25. The number of aromatic nitrogens is 2. The monoisotopic (exact) mass is 339 g/mol. The molecule has 6 nitrogen and oxygen atoms in total. The number of hydrogen-bond acceptors (Lipinski definition) is 5. The SMILES string of the molecule is Cc1cc([C@@H](C)N)c2oc(-c3cnn(C4COC4)c3)c(C)c(=O)c2c1. The summed E-state index contributed by atoms with van der Waals surface area (Å²) < 4.78 is 13.3. The molecule has 1 aliphatic rings. The van der Waals surface area contributed by atoms with Crippen molar-refractivity contribution in [1.82, 2.24) is 9.78 Å². The molecule has 3 heterocycles. The summed E-state index contributed by atoms with van der Waals surface area (Å²) in [6.07, 6.45) is 3.64. The van der Waals surface area contributed by atoms with E-state index >= 15 is 0 Å². The van der Waals surface area contributed by atoms with Crippen molar-refractivity contribution < 1.29 is 9.15 Å². The Bertz CT molecular complexity index is 1010. The van der Waals surface area contributed by atoms with E-state index in [1.807, 2.05) is 36.9 Å². The molecule has 0 aliphatic carbocycles. The van der Waals surface area contributed by atoms with Crippen molar-refractivity contribution in [2.24, 2.45) is 5.73 Å². The highest BCUT2D eigenvalue weighted by molar-refractivity contribution is 5.84. The number of nitrogens with two attached hydrogens (primary N) is 1. The first kappa shape index (κ1) is 16.1. The van der Waals surface area contributed by atoms with Gasteiger partial charge in [0.25, 0.3) is 0 Å². The minimum atomic E-state index is -0.226. The smallest absolute Gasteiger partial charge is 0.196 e. The zero-order valence-electron chi connectivity index (χ0n) is 14.6. The molecule has 6 heteroatoms. The van der Waals surface area contributed by atoms with Crippen LogP contribution in [0.1, 0.15) is 35.7 Å². The minimum absolute atomic E-state index is 0.0263. The number of nitrogens with zero attached hydrogens (tertiary/aromatic N) is 2. The zero-order chi connectivity index (χ0) is 17.7. The van der Waals surface area contributed by atoms with Gasteiger partial charge in [-0.3, -0.25) is 9.48 Å². The van der Waals surface area contributed by atoms with E-state index in [2.05, 4.69) is 5.10 Å². The van der Waals surface area contributed by atoms with Gasteiger partial charge in [0.05, 0.1) is 36.4 Å². The van der Waals surface area contributed by atoms with Crippen molar-refractivity contribution in [2.45, 2.75) is 32.9 Å². The van der Waals surface area contributed by atoms with Crippen LogP contribution in [0.25, 0.3) is 22.3 Å². The highest BCUT2D eigenvalue weighted by atomic mass is 16.5. The highest BCUT2D eigenvalue weighted by Crippen LogP contribution is 2.30. The zero-order valence-corrected chi connectivity index (χ0v) is 14.6. The van der Waals surface area contributed by atoms with Crippen molar-refractivity contribution >= 4 is 11.0 Å². The maximum Gasteiger partial charge on any atom is 0.196 e. The fourth-order valence-corrected chi connectivity index (χ4v) is 3.21. The fourth-order valence-electron chi connectivity index (χ4n) is 3.21. The number of hydrogen-bond donors (Lipinski definition) is 1. The number of benzene rings is 1. The molecule has 0 saturated carbocycles. The molecule has 1 saturated heterocycles. The van der Waals surface area contributed by atoms with Crippen molar-refractivity contribution in [3.05, 3.63) is 51.4 Å². The predicted molar refractivity (Wildman–Crippen MR) is 95.6 cm³/mol. The van der Waals surface area contributed by atoms with Crippen LogP contribution in [0, 0.1) is 13.8 Å². The topological polar surface area (TPSA) is 83.3 Å². The molecule has 1 fully saturated rings. The van der Waals surface area contributed by atoms with E-state index in [9.17, 15) is 4.79 Å². The van der Waals surface area contributed by atoms with Crippen LogP contribution >= 0.6 is 0 Å². The van der Waals surface area contributed by atoms with E-state index in [1.54, 1.807) is 13.1 Å². The van der Waals surface area contributed by atoms with E-state index in [4.69, 9.17) is 14.9 Å². The van der Waals surface area contributed by atoms with Gasteiger partial charge in [-0.1, -0.05) is 6.07 Å². The lowest BCUT2D eigenvalue weighted by atomic mass is 10.00. The lowest BCUT2D eigenvalue weighted by Crippen LogP contribution is -2.30. The van der Waals surface area contributed by atoms with Gasteiger partial charge in [-0.15, -0.1) is 0 Å². The maximum atomic E-state index is 12.9. The molecule has 0 spiro atoms. The van der Waals surface area contributed by atoms with Crippen molar-refractivity contribution in [3.63, 3.8) is 0 Å². The average Bonchev–Trinajstić information content (AvgIpc) is 2.98. The molecule has 25 heavy (non-hydrogen) atoms. The first-order chi connectivity index (χ1) is 12.0. The second-order valence-corrected chi connectivity index (χ2v) is 6.81. The van der Waals surface area contributed by atoms with Gasteiger partial charge in [0.15, 0.2) is 5.43 Å². The molecule has 0 amide bonds. The second-order valence-electron chi connectivity index (χ2n) is 6.81. The van der Waals surface area contributed by atoms with E-state index in [1.165, 1.54) is 0 Å². The third-order valence-electron chi connectivity index (χ3n) is 4.74. The normalized spacial score (nSPS) is 16.2. The molecular weight excluding hydrogens is 318 g/mol. The molecular formula is C19H21N3O3. The molecule has 1 aromatic carbocycles. The second kappa shape index (κ2) is 5.82. The van der Waals surface area contributed by atoms with Crippen LogP contribution in [0.2, 0.25) is 0 Å². The quantitative estimate of drug-likeness (QED) is 0.793. The third kappa shape index (κ3) is 2.58. The van der Waals surface area contributed by atoms with Gasteiger partial charge in [-0.05, 0) is 32.4 Å². The van der Waals surface area contributed by atoms with Gasteiger partial charge in [-0.2, -0.15) is 5.10 Å². The van der Waals surface area contributed by atoms with Gasteiger partial charge < -0.3 is 14.9 Å². The minimum Gasteiger partial charge on any atom is -0.455 e. The van der Waals surface area contributed by atoms with E-state index in [0.29, 0.717) is 35.5 Å². The molecule has 4 rings (SSSR count). The van der Waals surface area contributed by atoms with Gasteiger partial charge in [-0.25, -0.2) is 0 Å². The van der Waals surface area contributed by atoms with Crippen molar-refractivity contribution in [3.8, 4) is 11.3 Å². The van der Waals surface area contributed by atoms with E-state index in [0.717, 1.165) is 16.7 Å². The summed E-state index contributed by atoms with van der Waals surface area (Å²) in [6, 6.07) is 3.86. The van der Waals surface area contributed by atoms with Crippen LogP contribution in [-0.2, 0) is 4.74 Å². The molecule has 0 radical (unpaired) electrons. The summed E-state index contributed by atoms with van der Waals surface area (Å²) in [7, 11) is 0. The fraction of sp³-hybridized carbons (Fsp3) is 0.368. The largest absolute Gasteiger partial charge is 0.455 e. The standard InChI is InChI=1S/C19H21N3O3/c1-10-4-15(12(3)20)19-16(5-10)17(23)11(2)18(25-19)13-6-21-22(7-13)14-8-24-9-14/h4-7,12,14H,8-9,20H2,1-3H3/t12-/m1/s1. The molecule has 2 N–H and O–H groups in total. The Morgan fingerprint density at radius 3 is 2.72 bits per heavy atom. The Labute approximate surface area is 145 Å². The summed E-state index contributed by atoms with van der Waals surface area (Å²) >= 11 is 0. The number of rotatable bonds is 3. The maximum absolute atomic E-state index is 12.9. The number of fused-ring (bicyclic) bond motifs is 1. The molecule has 0 unspecified atom stereocenters. The van der Waals surface area contributed by atoms with Crippen LogP contribution in [0.15, 0.2) is 33.7 Å². The Morgan fingerprint density at radius 1 is 1.32 bits per heavy atom. The van der Waals surface area contributed by atoms with E-state index < -0.39 is 0 Å². The molecule has 1 aliphatic heterocycles. The van der Waals surface area contributed by atoms with Crippen molar-refractivity contribution in [2.75, 3.05) is 13.2 Å². The Morgan fingerprint density at radius 2 is 2.08 bits per heavy atom. The molecule has 1 atom stereocenters. The van der Waals surface area contributed by atoms with Crippen LogP contribution < -0.4 is 11.2 Å². The summed E-state index contributed by atoms with van der Waals surface area (Å²) in [5, 5.41) is 4.96. The molecule has 3 aromatic rings. The van der Waals surface area contributed by atoms with Crippen LogP contribution in [-0.4, -0.2) is 23.0 Å². The summed E-state index contributed by atoms with van der Waals surface area (Å²) in [5.41, 5.74) is 9.85. The van der Waals surface area contributed by atoms with Crippen LogP contribution in [0.3, 0.4) is 0 Å². The van der Waals surface area contributed by atoms with Crippen LogP contribution in [0.5, 0.6) is 0 Å². The van der Waals surface area contributed by atoms with Crippen LogP contribution in [0.4, 0.5) is 0 Å².